The molecular formula is C18H31N5. The molecule has 128 valence electrons. The van der Waals surface area contributed by atoms with Crippen LogP contribution in [-0.4, -0.2) is 64.7 Å². The molecule has 1 aromatic rings. The smallest absolute Gasteiger partial charge is 0.0951 e. The van der Waals surface area contributed by atoms with Crippen LogP contribution in [0.15, 0.2) is 12.5 Å². The third-order valence-corrected chi connectivity index (χ3v) is 6.06. The van der Waals surface area contributed by atoms with E-state index in [9.17, 15) is 0 Å². The van der Waals surface area contributed by atoms with Gasteiger partial charge in [0, 0.05) is 57.5 Å². The molecule has 4 rings (SSSR count). The maximum atomic E-state index is 4.46. The minimum Gasteiger partial charge on any atom is -0.330 e. The van der Waals surface area contributed by atoms with Gasteiger partial charge in [0.05, 0.1) is 12.0 Å². The molecule has 1 aliphatic carbocycles. The maximum Gasteiger partial charge on any atom is 0.0951 e. The highest BCUT2D eigenvalue weighted by Crippen LogP contribution is 2.29. The van der Waals surface area contributed by atoms with Gasteiger partial charge in [-0.1, -0.05) is 19.3 Å². The Balaban J connectivity index is 1.32. The predicted molar refractivity (Wildman–Crippen MR) is 92.5 cm³/mol. The maximum absolute atomic E-state index is 4.46. The summed E-state index contributed by atoms with van der Waals surface area (Å²) in [5.41, 5.74) is 1.42. The molecule has 1 saturated carbocycles. The van der Waals surface area contributed by atoms with Crippen molar-refractivity contribution in [2.24, 2.45) is 0 Å². The Bertz CT molecular complexity index is 479. The number of aromatic nitrogens is 2. The van der Waals surface area contributed by atoms with E-state index < -0.39 is 0 Å². The predicted octanol–water partition coefficient (Wildman–Crippen LogP) is 1.87. The third-order valence-electron chi connectivity index (χ3n) is 6.06. The lowest BCUT2D eigenvalue weighted by molar-refractivity contribution is 0.0960. The van der Waals surface area contributed by atoms with Gasteiger partial charge in [0.2, 0.25) is 0 Å². The summed E-state index contributed by atoms with van der Waals surface area (Å²) in [7, 11) is 0. The van der Waals surface area contributed by atoms with Crippen LogP contribution in [-0.2, 0) is 6.54 Å². The van der Waals surface area contributed by atoms with Crippen molar-refractivity contribution in [1.82, 2.24) is 24.7 Å². The lowest BCUT2D eigenvalue weighted by atomic mass is 9.95. The number of rotatable bonds is 4. The van der Waals surface area contributed by atoms with Gasteiger partial charge in [0.1, 0.15) is 0 Å². The van der Waals surface area contributed by atoms with Crippen molar-refractivity contribution in [2.45, 2.75) is 57.2 Å². The highest BCUT2D eigenvalue weighted by atomic mass is 15.3. The molecule has 2 aliphatic heterocycles. The Kier molecular flexibility index (Phi) is 4.97. The van der Waals surface area contributed by atoms with Crippen LogP contribution < -0.4 is 5.32 Å². The Hall–Kier alpha value is -0.910. The fraction of sp³-hybridized carbons (Fsp3) is 0.833. The number of nitrogens with one attached hydrogen (secondary N) is 1. The largest absolute Gasteiger partial charge is 0.330 e. The van der Waals surface area contributed by atoms with E-state index in [0.717, 1.165) is 12.6 Å². The number of imidazole rings is 1. The summed E-state index contributed by atoms with van der Waals surface area (Å²) in [5, 5.41) is 3.49. The lowest BCUT2D eigenvalue weighted by Crippen LogP contribution is -2.50. The second-order valence-electron chi connectivity index (χ2n) is 7.54. The molecule has 0 unspecified atom stereocenters. The first-order chi connectivity index (χ1) is 11.4. The Morgan fingerprint density at radius 1 is 1.00 bits per heavy atom. The topological polar surface area (TPSA) is 36.3 Å². The van der Waals surface area contributed by atoms with Crippen molar-refractivity contribution < 1.29 is 0 Å². The van der Waals surface area contributed by atoms with Gasteiger partial charge in [-0.3, -0.25) is 9.80 Å². The first-order valence-electron chi connectivity index (χ1n) is 9.58. The van der Waals surface area contributed by atoms with E-state index in [1.54, 1.807) is 0 Å². The number of hydrogen-bond acceptors (Lipinski definition) is 4. The van der Waals surface area contributed by atoms with E-state index >= 15 is 0 Å². The second-order valence-corrected chi connectivity index (χ2v) is 7.54. The van der Waals surface area contributed by atoms with Gasteiger partial charge >= 0.3 is 0 Å². The second kappa shape index (κ2) is 7.32. The standard InChI is InChI=1S/C18H31N5/c1-2-4-16(5-3-1)23-15-20-13-18(23)14-21-8-10-22(11-9-21)17-6-7-19-12-17/h13,15-17,19H,1-12,14H2/t17-/m0/s1. The van der Waals surface area contributed by atoms with Gasteiger partial charge < -0.3 is 9.88 Å². The molecule has 1 aromatic heterocycles. The average molecular weight is 317 g/mol. The number of hydrogen-bond donors (Lipinski definition) is 1. The van der Waals surface area contributed by atoms with E-state index in [1.165, 1.54) is 83.5 Å². The quantitative estimate of drug-likeness (QED) is 0.920. The normalized spacial score (nSPS) is 28.4. The van der Waals surface area contributed by atoms with E-state index in [4.69, 9.17) is 0 Å². The van der Waals surface area contributed by atoms with Gasteiger partial charge in [0.25, 0.3) is 0 Å². The molecular weight excluding hydrogens is 286 g/mol. The Morgan fingerprint density at radius 3 is 2.57 bits per heavy atom. The SMILES string of the molecule is c1ncn(C2CCCCC2)c1CN1CCN([C@H]2CCNC2)CC1. The third kappa shape index (κ3) is 3.62. The fourth-order valence-electron chi connectivity index (χ4n) is 4.61. The van der Waals surface area contributed by atoms with Crippen LogP contribution in [0.2, 0.25) is 0 Å². The van der Waals surface area contributed by atoms with Gasteiger partial charge in [-0.2, -0.15) is 0 Å². The summed E-state index contributed by atoms with van der Waals surface area (Å²) < 4.78 is 2.48. The summed E-state index contributed by atoms with van der Waals surface area (Å²) in [6, 6.07) is 1.48. The van der Waals surface area contributed by atoms with E-state index in [2.05, 4.69) is 37.2 Å². The van der Waals surface area contributed by atoms with Crippen LogP contribution >= 0.6 is 0 Å². The van der Waals surface area contributed by atoms with E-state index in [0.29, 0.717) is 6.04 Å². The zero-order valence-corrected chi connectivity index (χ0v) is 14.3. The minimum atomic E-state index is 0.701. The van der Waals surface area contributed by atoms with Gasteiger partial charge in [0.15, 0.2) is 0 Å². The van der Waals surface area contributed by atoms with E-state index in [1.807, 2.05) is 0 Å². The van der Waals surface area contributed by atoms with Crippen molar-refractivity contribution in [1.29, 1.82) is 0 Å². The van der Waals surface area contributed by atoms with Crippen molar-refractivity contribution in [3.63, 3.8) is 0 Å². The van der Waals surface area contributed by atoms with Crippen LogP contribution in [0.1, 0.15) is 50.3 Å². The molecule has 5 heteroatoms. The van der Waals surface area contributed by atoms with Crippen molar-refractivity contribution in [2.75, 3.05) is 39.3 Å². The zero-order chi connectivity index (χ0) is 15.5. The first-order valence-corrected chi connectivity index (χ1v) is 9.58. The average Bonchev–Trinajstić information content (AvgIpc) is 3.28. The van der Waals surface area contributed by atoms with E-state index in [-0.39, 0.29) is 0 Å². The van der Waals surface area contributed by atoms with Crippen molar-refractivity contribution in [3.05, 3.63) is 18.2 Å². The highest BCUT2D eigenvalue weighted by Gasteiger charge is 2.26. The lowest BCUT2D eigenvalue weighted by Gasteiger charge is -2.38. The molecule has 0 spiro atoms. The van der Waals surface area contributed by atoms with Crippen LogP contribution in [0.3, 0.4) is 0 Å². The van der Waals surface area contributed by atoms with Crippen LogP contribution in [0.5, 0.6) is 0 Å². The molecule has 1 atom stereocenters. The number of nitrogens with zero attached hydrogens (tertiary/aromatic N) is 4. The summed E-state index contributed by atoms with van der Waals surface area (Å²) in [6.45, 7) is 8.32. The van der Waals surface area contributed by atoms with Crippen molar-refractivity contribution >= 4 is 0 Å². The molecule has 23 heavy (non-hydrogen) atoms. The molecule has 0 bridgehead atoms. The summed E-state index contributed by atoms with van der Waals surface area (Å²) in [6.07, 6.45) is 12.4. The Labute approximate surface area is 140 Å². The molecule has 0 radical (unpaired) electrons. The molecule has 0 amide bonds. The minimum absolute atomic E-state index is 0.701. The molecule has 1 N–H and O–H groups in total. The van der Waals surface area contributed by atoms with Gasteiger partial charge in [-0.25, -0.2) is 4.98 Å². The van der Waals surface area contributed by atoms with Crippen LogP contribution in [0, 0.1) is 0 Å². The molecule has 3 fully saturated rings. The monoisotopic (exact) mass is 317 g/mol. The molecule has 3 heterocycles. The van der Waals surface area contributed by atoms with Crippen LogP contribution in [0.25, 0.3) is 0 Å². The Morgan fingerprint density at radius 2 is 1.83 bits per heavy atom. The summed E-state index contributed by atoms with van der Waals surface area (Å²) >= 11 is 0. The van der Waals surface area contributed by atoms with Crippen LogP contribution in [0.4, 0.5) is 0 Å². The molecule has 5 nitrogen and oxygen atoms in total. The first kappa shape index (κ1) is 15.6. The highest BCUT2D eigenvalue weighted by molar-refractivity contribution is 5.01. The van der Waals surface area contributed by atoms with Crippen molar-refractivity contribution in [3.8, 4) is 0 Å². The van der Waals surface area contributed by atoms with Gasteiger partial charge in [-0.05, 0) is 25.8 Å². The number of piperazine rings is 1. The molecule has 3 aliphatic rings. The fourth-order valence-corrected chi connectivity index (χ4v) is 4.61. The molecule has 0 aromatic carbocycles. The molecule has 2 saturated heterocycles. The summed E-state index contributed by atoms with van der Waals surface area (Å²) in [5.74, 6) is 0. The van der Waals surface area contributed by atoms with Gasteiger partial charge in [-0.15, -0.1) is 0 Å². The summed E-state index contributed by atoms with van der Waals surface area (Å²) in [4.78, 5) is 9.77. The zero-order valence-electron chi connectivity index (χ0n) is 14.3.